The van der Waals surface area contributed by atoms with Crippen molar-refractivity contribution >= 4 is 34.1 Å². The van der Waals surface area contributed by atoms with Crippen molar-refractivity contribution < 1.29 is 0 Å². The van der Waals surface area contributed by atoms with E-state index >= 15 is 0 Å². The third-order valence-electron chi connectivity index (χ3n) is 3.91. The van der Waals surface area contributed by atoms with Crippen LogP contribution in [0.5, 0.6) is 0 Å². The van der Waals surface area contributed by atoms with Crippen LogP contribution in [0.2, 0.25) is 26.2 Å². The summed E-state index contributed by atoms with van der Waals surface area (Å²) in [6.07, 6.45) is 0. The average molecular weight is 299 g/mol. The molecule has 0 heterocycles. The predicted octanol–water partition coefficient (Wildman–Crippen LogP) is 2.92. The molecule has 0 aliphatic carbocycles. The maximum Gasteiger partial charge on any atom is 0.0986 e. The Bertz CT molecular complexity index is 457. The molecule has 0 saturated carbocycles. The van der Waals surface area contributed by atoms with Gasteiger partial charge in [-0.3, -0.25) is 0 Å². The van der Waals surface area contributed by atoms with Crippen molar-refractivity contribution in [1.82, 2.24) is 0 Å². The highest BCUT2D eigenvalue weighted by molar-refractivity contribution is 7.68. The van der Waals surface area contributed by atoms with Gasteiger partial charge in [-0.25, -0.2) is 0 Å². The molecule has 0 nitrogen and oxygen atoms in total. The number of benzene rings is 2. The molecule has 0 aromatic heterocycles. The van der Waals surface area contributed by atoms with Crippen LogP contribution in [-0.2, 0) is 0 Å². The molecule has 2 radical (unpaired) electrons. The van der Waals surface area contributed by atoms with Crippen molar-refractivity contribution in [2.75, 3.05) is 0 Å². The Kier molecular flexibility index (Phi) is 4.60. The van der Waals surface area contributed by atoms with Crippen molar-refractivity contribution in [3.63, 3.8) is 0 Å². The molecule has 98 valence electrons. The monoisotopic (exact) mass is 298 g/mol. The number of rotatable bonds is 4. The van der Waals surface area contributed by atoms with Crippen LogP contribution in [0, 0.1) is 0 Å². The quantitative estimate of drug-likeness (QED) is 0.762. The maximum atomic E-state index is 2.52. The molecule has 2 aromatic rings. The molecule has 0 amide bonds. The first kappa shape index (κ1) is 14.5. The standard InChI is InChI=1S/C16H22Si3/c1-17(2)19(18(3)4,15-11-7-5-8-12-15)16-13-9-6-10-14-16/h5-14H,1-4H3. The molecule has 2 aromatic carbocycles. The van der Waals surface area contributed by atoms with Gasteiger partial charge in [0.15, 0.2) is 0 Å². The minimum atomic E-state index is -1.50. The van der Waals surface area contributed by atoms with Gasteiger partial charge in [0.1, 0.15) is 0 Å². The topological polar surface area (TPSA) is 0 Å². The molecule has 19 heavy (non-hydrogen) atoms. The molecular weight excluding hydrogens is 276 g/mol. The number of hydrogen-bond acceptors (Lipinski definition) is 0. The first-order chi connectivity index (χ1) is 9.10. The summed E-state index contributed by atoms with van der Waals surface area (Å²) in [6.45, 7) is 10.1. The second kappa shape index (κ2) is 6.03. The van der Waals surface area contributed by atoms with Gasteiger partial charge in [0, 0.05) is 16.6 Å². The summed E-state index contributed by atoms with van der Waals surface area (Å²) in [5, 5.41) is 3.30. The summed E-state index contributed by atoms with van der Waals surface area (Å²) in [5.41, 5.74) is 0. The third-order valence-corrected chi connectivity index (χ3v) is 30.8. The molecule has 0 bridgehead atoms. The van der Waals surface area contributed by atoms with E-state index in [9.17, 15) is 0 Å². The highest BCUT2D eigenvalue weighted by Gasteiger charge is 2.44. The van der Waals surface area contributed by atoms with E-state index in [4.69, 9.17) is 0 Å². The van der Waals surface area contributed by atoms with Crippen LogP contribution in [-0.4, -0.2) is 23.7 Å². The second-order valence-electron chi connectivity index (χ2n) is 5.48. The Morgan fingerprint density at radius 2 is 0.895 bits per heavy atom. The van der Waals surface area contributed by atoms with Crippen LogP contribution in [0.3, 0.4) is 0 Å². The summed E-state index contributed by atoms with van der Waals surface area (Å²) in [4.78, 5) is 0. The summed E-state index contributed by atoms with van der Waals surface area (Å²) in [7, 11) is -2.20. The molecule has 2 rings (SSSR count). The lowest BCUT2D eigenvalue weighted by atomic mass is 10.4. The largest absolute Gasteiger partial charge is 0.0986 e. The van der Waals surface area contributed by atoms with Crippen molar-refractivity contribution in [2.24, 2.45) is 0 Å². The molecular formula is C16H22Si3. The van der Waals surface area contributed by atoms with Crippen LogP contribution in [0.4, 0.5) is 0 Å². The first-order valence-corrected chi connectivity index (χ1v) is 15.8. The lowest BCUT2D eigenvalue weighted by molar-refractivity contribution is 1.72. The number of hydrogen-bond donors (Lipinski definition) is 0. The van der Waals surface area contributed by atoms with E-state index in [0.717, 1.165) is 0 Å². The van der Waals surface area contributed by atoms with Gasteiger partial charge in [-0.05, 0) is 0 Å². The molecule has 0 saturated heterocycles. The van der Waals surface area contributed by atoms with E-state index in [1.165, 1.54) is 0 Å². The molecule has 0 aliphatic rings. The van der Waals surface area contributed by atoms with Gasteiger partial charge in [0.2, 0.25) is 0 Å². The van der Waals surface area contributed by atoms with Crippen LogP contribution in [0.25, 0.3) is 0 Å². The zero-order valence-electron chi connectivity index (χ0n) is 12.3. The van der Waals surface area contributed by atoms with Gasteiger partial charge < -0.3 is 0 Å². The molecule has 0 spiro atoms. The van der Waals surface area contributed by atoms with Gasteiger partial charge in [-0.15, -0.1) is 0 Å². The van der Waals surface area contributed by atoms with E-state index < -0.39 is 7.11 Å². The van der Waals surface area contributed by atoms with Crippen LogP contribution in [0.1, 0.15) is 0 Å². The van der Waals surface area contributed by atoms with E-state index in [1.54, 1.807) is 10.4 Å². The molecule has 0 atom stereocenters. The molecule has 0 aliphatic heterocycles. The third kappa shape index (κ3) is 2.55. The second-order valence-corrected chi connectivity index (χ2v) is 24.1. The van der Waals surface area contributed by atoms with E-state index in [-0.39, 0.29) is 16.6 Å². The Balaban J connectivity index is 2.69. The minimum Gasteiger partial charge on any atom is -0.0729 e. The molecule has 0 N–H and O–H groups in total. The van der Waals surface area contributed by atoms with Gasteiger partial charge in [-0.2, -0.15) is 0 Å². The van der Waals surface area contributed by atoms with Crippen LogP contribution in [0.15, 0.2) is 60.7 Å². The molecule has 3 heteroatoms. The van der Waals surface area contributed by atoms with E-state index in [0.29, 0.717) is 0 Å². The fourth-order valence-corrected chi connectivity index (χ4v) is 29.2. The van der Waals surface area contributed by atoms with Gasteiger partial charge in [0.25, 0.3) is 0 Å². The van der Waals surface area contributed by atoms with Gasteiger partial charge in [0.05, 0.1) is 7.11 Å². The maximum absolute atomic E-state index is 2.52. The van der Waals surface area contributed by atoms with Crippen molar-refractivity contribution in [3.8, 4) is 0 Å². The Hall–Kier alpha value is -0.909. The molecule has 0 unspecified atom stereocenters. The summed E-state index contributed by atoms with van der Waals surface area (Å²) in [6, 6.07) is 22.7. The smallest absolute Gasteiger partial charge is 0.0729 e. The lowest BCUT2D eigenvalue weighted by Crippen LogP contribution is -2.74. The van der Waals surface area contributed by atoms with Crippen LogP contribution < -0.4 is 10.4 Å². The van der Waals surface area contributed by atoms with E-state index in [2.05, 4.69) is 86.9 Å². The van der Waals surface area contributed by atoms with Crippen molar-refractivity contribution in [2.45, 2.75) is 26.2 Å². The van der Waals surface area contributed by atoms with Gasteiger partial charge >= 0.3 is 0 Å². The Labute approximate surface area is 121 Å². The summed E-state index contributed by atoms with van der Waals surface area (Å²) in [5.74, 6) is 0. The predicted molar refractivity (Wildman–Crippen MR) is 92.9 cm³/mol. The fourth-order valence-electron chi connectivity index (χ4n) is 3.20. The molecule has 0 fully saturated rings. The highest BCUT2D eigenvalue weighted by Crippen LogP contribution is 2.14. The fraction of sp³-hybridized carbons (Fsp3) is 0.250. The lowest BCUT2D eigenvalue weighted by Gasteiger charge is -2.39. The van der Waals surface area contributed by atoms with Crippen LogP contribution >= 0.6 is 0 Å². The zero-order valence-corrected chi connectivity index (χ0v) is 15.3. The van der Waals surface area contributed by atoms with Gasteiger partial charge in [-0.1, -0.05) is 97.2 Å². The SMILES string of the molecule is C[Si](C)[Si](c1ccccc1)(c1ccccc1)[Si](C)C. The summed E-state index contributed by atoms with van der Waals surface area (Å²) >= 11 is 0. The van der Waals surface area contributed by atoms with Crippen molar-refractivity contribution in [1.29, 1.82) is 0 Å². The van der Waals surface area contributed by atoms with Crippen molar-refractivity contribution in [3.05, 3.63) is 60.7 Å². The highest BCUT2D eigenvalue weighted by atomic mass is 29.6. The average Bonchev–Trinajstić information content (AvgIpc) is 2.41. The first-order valence-electron chi connectivity index (χ1n) is 6.82. The summed E-state index contributed by atoms with van der Waals surface area (Å²) < 4.78 is 0. The normalized spacial score (nSPS) is 12.1. The minimum absolute atomic E-state index is 0.352. The Morgan fingerprint density at radius 1 is 0.579 bits per heavy atom. The van der Waals surface area contributed by atoms with E-state index in [1.807, 2.05) is 0 Å². The Morgan fingerprint density at radius 3 is 1.16 bits per heavy atom. The zero-order chi connectivity index (χ0) is 13.9.